The quantitative estimate of drug-likeness (QED) is 0.411. The van der Waals surface area contributed by atoms with Crippen LogP contribution in [0.25, 0.3) is 10.1 Å². The topological polar surface area (TPSA) is 118 Å². The van der Waals surface area contributed by atoms with E-state index in [9.17, 15) is 18.3 Å². The average molecular weight is 540 g/mol. The Bertz CT molecular complexity index is 1340. The summed E-state index contributed by atoms with van der Waals surface area (Å²) in [7, 11) is -2.52. The molecule has 1 aliphatic heterocycles. The lowest BCUT2D eigenvalue weighted by atomic mass is 10.1. The third-order valence-corrected chi connectivity index (χ3v) is 8.44. The number of ether oxygens (including phenoxy) is 2. The van der Waals surface area contributed by atoms with E-state index in [1.54, 1.807) is 12.1 Å². The van der Waals surface area contributed by atoms with Gasteiger partial charge in [0.25, 0.3) is 10.0 Å². The monoisotopic (exact) mass is 539 g/mol. The van der Waals surface area contributed by atoms with Gasteiger partial charge in [-0.3, -0.25) is 9.52 Å². The summed E-state index contributed by atoms with van der Waals surface area (Å²) < 4.78 is 41.0. The number of carboxylic acids is 1. The molecule has 35 heavy (non-hydrogen) atoms. The maximum absolute atomic E-state index is 13.3. The number of rotatable bonds is 9. The van der Waals surface area contributed by atoms with Crippen molar-refractivity contribution < 1.29 is 27.8 Å². The van der Waals surface area contributed by atoms with Crippen molar-refractivity contribution in [2.24, 2.45) is 0 Å². The first-order valence-corrected chi connectivity index (χ1v) is 13.8. The molecule has 3 aromatic rings. The lowest BCUT2D eigenvalue weighted by Gasteiger charge is -2.33. The molecule has 12 heteroatoms. The molecule has 3 heterocycles. The van der Waals surface area contributed by atoms with Crippen LogP contribution in [0.5, 0.6) is 5.75 Å². The standard InChI is InChI=1S/C23H26ClN3O6S2/c1-3-33-15-6-8-27(9-7-15)23-18(10-14(24)13-25-23)26-35(30,31)16-4-5-17-19(11-16)34-20(12-21(28)29)22(17)32-2/h4-5,10-11,13,15,26H,3,6-9,12H2,1-2H3,(H,28,29). The molecule has 0 bridgehead atoms. The fourth-order valence-corrected chi connectivity index (χ4v) is 6.70. The predicted octanol–water partition coefficient (Wildman–Crippen LogP) is 4.39. The Morgan fingerprint density at radius 2 is 2.06 bits per heavy atom. The number of thiophene rings is 1. The van der Waals surface area contributed by atoms with Crippen molar-refractivity contribution in [3.63, 3.8) is 0 Å². The molecular weight excluding hydrogens is 514 g/mol. The molecule has 0 atom stereocenters. The molecule has 0 aliphatic carbocycles. The highest BCUT2D eigenvalue weighted by Gasteiger charge is 2.25. The summed E-state index contributed by atoms with van der Waals surface area (Å²) in [6.07, 6.45) is 3.11. The minimum Gasteiger partial charge on any atom is -0.495 e. The summed E-state index contributed by atoms with van der Waals surface area (Å²) in [4.78, 5) is 18.2. The van der Waals surface area contributed by atoms with Gasteiger partial charge in [-0.1, -0.05) is 11.6 Å². The number of nitrogens with one attached hydrogen (secondary N) is 1. The van der Waals surface area contributed by atoms with E-state index in [1.165, 1.54) is 36.8 Å². The van der Waals surface area contributed by atoms with E-state index >= 15 is 0 Å². The van der Waals surface area contributed by atoms with Crippen molar-refractivity contribution in [3.8, 4) is 5.75 Å². The Balaban J connectivity index is 1.63. The maximum atomic E-state index is 13.3. The molecule has 2 aromatic heterocycles. The second-order valence-corrected chi connectivity index (χ2v) is 11.3. The van der Waals surface area contributed by atoms with Crippen LogP contribution in [-0.2, 0) is 26.0 Å². The largest absolute Gasteiger partial charge is 0.495 e. The molecule has 1 aliphatic rings. The maximum Gasteiger partial charge on any atom is 0.308 e. The second-order valence-electron chi connectivity index (χ2n) is 8.06. The SMILES string of the molecule is CCOC1CCN(c2ncc(Cl)cc2NS(=O)(=O)c2ccc3c(OC)c(CC(=O)O)sc3c2)CC1. The minimum atomic E-state index is -3.99. The first kappa shape index (κ1) is 25.5. The molecule has 0 unspecified atom stereocenters. The Labute approximate surface area is 212 Å². The van der Waals surface area contributed by atoms with E-state index in [0.29, 0.717) is 56.9 Å². The lowest BCUT2D eigenvalue weighted by molar-refractivity contribution is -0.136. The highest BCUT2D eigenvalue weighted by atomic mass is 35.5. The van der Waals surface area contributed by atoms with E-state index in [1.807, 2.05) is 11.8 Å². The number of pyridine rings is 1. The number of anilines is 2. The zero-order valence-corrected chi connectivity index (χ0v) is 21.7. The number of halogens is 1. The smallest absolute Gasteiger partial charge is 0.308 e. The number of aromatic nitrogens is 1. The van der Waals surface area contributed by atoms with Crippen molar-refractivity contribution in [1.29, 1.82) is 0 Å². The lowest BCUT2D eigenvalue weighted by Crippen LogP contribution is -2.38. The summed E-state index contributed by atoms with van der Waals surface area (Å²) in [6.45, 7) is 3.99. The molecule has 0 amide bonds. The number of benzene rings is 1. The second kappa shape index (κ2) is 10.6. The Morgan fingerprint density at radius 3 is 2.71 bits per heavy atom. The van der Waals surface area contributed by atoms with E-state index in [4.69, 9.17) is 21.1 Å². The zero-order valence-electron chi connectivity index (χ0n) is 19.3. The third-order valence-electron chi connectivity index (χ3n) is 5.73. The number of carbonyl (C=O) groups is 1. The predicted molar refractivity (Wildman–Crippen MR) is 137 cm³/mol. The van der Waals surface area contributed by atoms with Crippen molar-refractivity contribution >= 4 is 60.5 Å². The summed E-state index contributed by atoms with van der Waals surface area (Å²) in [6, 6.07) is 6.16. The summed E-state index contributed by atoms with van der Waals surface area (Å²) in [5.41, 5.74) is 0.294. The van der Waals surface area contributed by atoms with Crippen molar-refractivity contribution in [1.82, 2.24) is 4.98 Å². The summed E-state index contributed by atoms with van der Waals surface area (Å²) in [5.74, 6) is -0.0349. The molecule has 0 spiro atoms. The van der Waals surface area contributed by atoms with Crippen LogP contribution < -0.4 is 14.4 Å². The molecule has 2 N–H and O–H groups in total. The number of aliphatic carboxylic acids is 1. The molecule has 9 nitrogen and oxygen atoms in total. The highest BCUT2D eigenvalue weighted by Crippen LogP contribution is 2.39. The van der Waals surface area contributed by atoms with Crippen LogP contribution in [0.3, 0.4) is 0 Å². The molecule has 4 rings (SSSR count). The molecule has 0 saturated carbocycles. The molecule has 188 valence electrons. The van der Waals surface area contributed by atoms with E-state index in [-0.39, 0.29) is 17.4 Å². The number of hydrogen-bond donors (Lipinski definition) is 2. The number of methoxy groups -OCH3 is 1. The zero-order chi connectivity index (χ0) is 25.2. The van der Waals surface area contributed by atoms with Gasteiger partial charge >= 0.3 is 5.97 Å². The van der Waals surface area contributed by atoms with Crippen LogP contribution >= 0.6 is 22.9 Å². The number of fused-ring (bicyclic) bond motifs is 1. The first-order valence-electron chi connectivity index (χ1n) is 11.1. The van der Waals surface area contributed by atoms with E-state index in [0.717, 1.165) is 12.8 Å². The van der Waals surface area contributed by atoms with Crippen LogP contribution in [0.1, 0.15) is 24.6 Å². The van der Waals surface area contributed by atoms with Gasteiger partial charge < -0.3 is 19.5 Å². The van der Waals surface area contributed by atoms with Crippen LogP contribution in [0.4, 0.5) is 11.5 Å². The third kappa shape index (κ3) is 5.64. The summed E-state index contributed by atoms with van der Waals surface area (Å²) in [5, 5.41) is 10.1. The van der Waals surface area contributed by atoms with Gasteiger partial charge in [-0.15, -0.1) is 11.3 Å². The normalized spacial score (nSPS) is 14.9. The van der Waals surface area contributed by atoms with Gasteiger partial charge in [-0.05, 0) is 44.0 Å². The molecule has 1 aromatic carbocycles. The van der Waals surface area contributed by atoms with Crippen LogP contribution in [0.15, 0.2) is 35.4 Å². The molecule has 1 fully saturated rings. The Kier molecular flexibility index (Phi) is 7.70. The molecule has 0 radical (unpaired) electrons. The van der Waals surface area contributed by atoms with Gasteiger partial charge in [-0.2, -0.15) is 0 Å². The number of sulfonamides is 1. The summed E-state index contributed by atoms with van der Waals surface area (Å²) >= 11 is 7.35. The van der Waals surface area contributed by atoms with E-state index < -0.39 is 16.0 Å². The van der Waals surface area contributed by atoms with Crippen LogP contribution in [0, 0.1) is 0 Å². The van der Waals surface area contributed by atoms with Crippen LogP contribution in [0.2, 0.25) is 5.02 Å². The van der Waals surface area contributed by atoms with Gasteiger partial charge in [-0.25, -0.2) is 13.4 Å². The van der Waals surface area contributed by atoms with Gasteiger partial charge in [0.1, 0.15) is 5.75 Å². The molecule has 1 saturated heterocycles. The van der Waals surface area contributed by atoms with Crippen LogP contribution in [-0.4, -0.2) is 57.4 Å². The number of nitrogens with zero attached hydrogens (tertiary/aromatic N) is 2. The van der Waals surface area contributed by atoms with Gasteiger partial charge in [0, 0.05) is 36.0 Å². The van der Waals surface area contributed by atoms with Gasteiger partial charge in [0.15, 0.2) is 5.82 Å². The minimum absolute atomic E-state index is 0.0387. The van der Waals surface area contributed by atoms with E-state index in [2.05, 4.69) is 9.71 Å². The number of piperidine rings is 1. The average Bonchev–Trinajstić information content (AvgIpc) is 3.15. The number of hydrogen-bond acceptors (Lipinski definition) is 8. The Hall–Kier alpha value is -2.60. The fourth-order valence-electron chi connectivity index (χ4n) is 4.18. The fraction of sp³-hybridized carbons (Fsp3) is 0.391. The van der Waals surface area contributed by atoms with Crippen molar-refractivity contribution in [2.75, 3.05) is 36.4 Å². The number of carboxylic acid groups (broad SMARTS) is 1. The van der Waals surface area contributed by atoms with Gasteiger partial charge in [0.05, 0.1) is 40.1 Å². The molecular formula is C23H26ClN3O6S2. The van der Waals surface area contributed by atoms with Crippen molar-refractivity contribution in [3.05, 3.63) is 40.4 Å². The van der Waals surface area contributed by atoms with Crippen molar-refractivity contribution in [2.45, 2.75) is 37.2 Å². The first-order chi connectivity index (χ1) is 16.7. The highest BCUT2D eigenvalue weighted by molar-refractivity contribution is 7.92. The Morgan fingerprint density at radius 1 is 1.31 bits per heavy atom. The van der Waals surface area contributed by atoms with Gasteiger partial charge in [0.2, 0.25) is 0 Å².